The van der Waals surface area contributed by atoms with Crippen molar-refractivity contribution in [2.45, 2.75) is 30.8 Å². The molecule has 8 heteroatoms. The summed E-state index contributed by atoms with van der Waals surface area (Å²) < 4.78 is 81.7. The van der Waals surface area contributed by atoms with Crippen LogP contribution >= 0.6 is 9.47 Å². The monoisotopic (exact) mass is 292 g/mol. The quantitative estimate of drug-likeness (QED) is 0.426. The molecule has 2 aliphatic rings. The van der Waals surface area contributed by atoms with E-state index in [0.717, 1.165) is 9.47 Å². The van der Waals surface area contributed by atoms with Crippen LogP contribution in [0.3, 0.4) is 0 Å². The van der Waals surface area contributed by atoms with Gasteiger partial charge in [-0.1, -0.05) is 12.2 Å². The van der Waals surface area contributed by atoms with Gasteiger partial charge in [-0.25, -0.2) is 0 Å². The Morgan fingerprint density at radius 3 is 1.78 bits per heavy atom. The maximum atomic E-state index is 13.0. The van der Waals surface area contributed by atoms with Crippen LogP contribution in [0.15, 0.2) is 12.2 Å². The number of halogens is 6. The maximum absolute atomic E-state index is 13.0. The van der Waals surface area contributed by atoms with Crippen LogP contribution in [-0.2, 0) is 4.52 Å². The van der Waals surface area contributed by atoms with Crippen molar-refractivity contribution in [2.24, 2.45) is 17.8 Å². The van der Waals surface area contributed by atoms with E-state index in [-0.39, 0.29) is 12.3 Å². The minimum absolute atomic E-state index is 0.144. The SMILES string of the molecule is FC(F)(F)C(OP)(C1CC2C=CC1C2)C(F)(F)F. The molecule has 104 valence electrons. The topological polar surface area (TPSA) is 9.23 Å². The van der Waals surface area contributed by atoms with E-state index in [2.05, 4.69) is 4.52 Å². The van der Waals surface area contributed by atoms with Crippen molar-refractivity contribution >= 4 is 9.47 Å². The molecule has 2 bridgehead atoms. The van der Waals surface area contributed by atoms with Gasteiger partial charge in [-0.2, -0.15) is 26.3 Å². The summed E-state index contributed by atoms with van der Waals surface area (Å²) in [5.41, 5.74) is -4.09. The molecular weight excluding hydrogens is 281 g/mol. The van der Waals surface area contributed by atoms with Crippen molar-refractivity contribution < 1.29 is 30.9 Å². The molecule has 2 aliphatic carbocycles. The van der Waals surface area contributed by atoms with Gasteiger partial charge in [0, 0.05) is 15.4 Å². The van der Waals surface area contributed by atoms with Crippen molar-refractivity contribution in [3.63, 3.8) is 0 Å². The Morgan fingerprint density at radius 1 is 0.944 bits per heavy atom. The number of hydrogen-bond acceptors (Lipinski definition) is 1. The van der Waals surface area contributed by atoms with Crippen LogP contribution in [0.4, 0.5) is 26.3 Å². The first kappa shape index (κ1) is 14.1. The highest BCUT2D eigenvalue weighted by Gasteiger charge is 2.77. The molecule has 4 unspecified atom stereocenters. The highest BCUT2D eigenvalue weighted by atomic mass is 31.0. The molecule has 0 radical (unpaired) electrons. The van der Waals surface area contributed by atoms with Crippen molar-refractivity contribution in [3.8, 4) is 0 Å². The molecule has 4 atom stereocenters. The summed E-state index contributed by atoms with van der Waals surface area (Å²) in [4.78, 5) is 0. The number of alkyl halides is 6. The minimum atomic E-state index is -5.49. The first-order valence-corrected chi connectivity index (χ1v) is 5.80. The molecule has 0 aromatic rings. The molecule has 0 N–H and O–H groups in total. The molecule has 0 amide bonds. The number of allylic oxidation sites excluding steroid dienone is 2. The molecular formula is C10H11F6OP. The first-order chi connectivity index (χ1) is 8.13. The van der Waals surface area contributed by atoms with Gasteiger partial charge in [0.15, 0.2) is 0 Å². The fourth-order valence-electron chi connectivity index (χ4n) is 3.05. The van der Waals surface area contributed by atoms with Gasteiger partial charge in [-0.3, -0.25) is 0 Å². The third-order valence-electron chi connectivity index (χ3n) is 3.83. The Morgan fingerprint density at radius 2 is 1.50 bits per heavy atom. The fraction of sp³-hybridized carbons (Fsp3) is 0.800. The lowest BCUT2D eigenvalue weighted by molar-refractivity contribution is -0.373. The smallest absolute Gasteiger partial charge is 0.342 e. The zero-order valence-electron chi connectivity index (χ0n) is 9.05. The van der Waals surface area contributed by atoms with Crippen molar-refractivity contribution in [1.29, 1.82) is 0 Å². The number of fused-ring (bicyclic) bond motifs is 2. The van der Waals surface area contributed by atoms with E-state index in [1.165, 1.54) is 6.08 Å². The molecule has 0 aromatic heterocycles. The second-order valence-electron chi connectivity index (χ2n) is 4.74. The molecule has 0 spiro atoms. The third-order valence-corrected chi connectivity index (χ3v) is 4.20. The zero-order chi connectivity index (χ0) is 13.8. The largest absolute Gasteiger partial charge is 0.427 e. The highest BCUT2D eigenvalue weighted by Crippen LogP contribution is 2.60. The normalized spacial score (nSPS) is 32.3. The average Bonchev–Trinajstić information content (AvgIpc) is 2.76. The third kappa shape index (κ3) is 1.78. The number of hydrogen-bond donors (Lipinski definition) is 0. The maximum Gasteiger partial charge on any atom is 0.427 e. The van der Waals surface area contributed by atoms with Crippen LogP contribution in [0.2, 0.25) is 0 Å². The van der Waals surface area contributed by atoms with Gasteiger partial charge < -0.3 is 4.52 Å². The van der Waals surface area contributed by atoms with E-state index in [9.17, 15) is 26.3 Å². The minimum Gasteiger partial charge on any atom is -0.342 e. The second kappa shape index (κ2) is 4.10. The molecule has 18 heavy (non-hydrogen) atoms. The summed E-state index contributed by atoms with van der Waals surface area (Å²) in [7, 11) is 1.14. The molecule has 0 heterocycles. The average molecular weight is 292 g/mol. The summed E-state index contributed by atoms with van der Waals surface area (Å²) in [6, 6.07) is 0. The van der Waals surface area contributed by atoms with E-state index in [4.69, 9.17) is 0 Å². The van der Waals surface area contributed by atoms with Crippen molar-refractivity contribution in [2.75, 3.05) is 0 Å². The van der Waals surface area contributed by atoms with Gasteiger partial charge in [-0.15, -0.1) is 0 Å². The van der Waals surface area contributed by atoms with Gasteiger partial charge in [0.25, 0.3) is 5.60 Å². The van der Waals surface area contributed by atoms with E-state index < -0.39 is 29.8 Å². The van der Waals surface area contributed by atoms with E-state index in [0.29, 0.717) is 6.42 Å². The summed E-state index contributed by atoms with van der Waals surface area (Å²) in [6.45, 7) is 0. The lowest BCUT2D eigenvalue weighted by Crippen LogP contribution is -2.62. The molecule has 2 rings (SSSR count). The number of rotatable bonds is 2. The Balaban J connectivity index is 2.46. The van der Waals surface area contributed by atoms with Crippen LogP contribution in [0, 0.1) is 17.8 Å². The van der Waals surface area contributed by atoms with Gasteiger partial charge in [-0.05, 0) is 24.7 Å². The summed E-state index contributed by atoms with van der Waals surface area (Å²) >= 11 is 0. The van der Waals surface area contributed by atoms with Crippen LogP contribution in [0.25, 0.3) is 0 Å². The second-order valence-corrected chi connectivity index (χ2v) is 4.97. The van der Waals surface area contributed by atoms with E-state index >= 15 is 0 Å². The van der Waals surface area contributed by atoms with Crippen LogP contribution in [0.1, 0.15) is 12.8 Å². The van der Waals surface area contributed by atoms with Gasteiger partial charge in [0.1, 0.15) is 0 Å². The van der Waals surface area contributed by atoms with E-state index in [1.54, 1.807) is 6.08 Å². The van der Waals surface area contributed by atoms with Crippen molar-refractivity contribution in [3.05, 3.63) is 12.2 Å². The van der Waals surface area contributed by atoms with Crippen molar-refractivity contribution in [1.82, 2.24) is 0 Å². The Labute approximate surface area is 102 Å². The van der Waals surface area contributed by atoms with Crippen LogP contribution in [0.5, 0.6) is 0 Å². The molecule has 1 saturated carbocycles. The summed E-state index contributed by atoms with van der Waals surface area (Å²) in [5, 5.41) is 0. The molecule has 0 saturated heterocycles. The summed E-state index contributed by atoms with van der Waals surface area (Å²) in [5.74, 6) is -2.53. The lowest BCUT2D eigenvalue weighted by Gasteiger charge is -2.42. The zero-order valence-corrected chi connectivity index (χ0v) is 10.2. The molecule has 1 fully saturated rings. The van der Waals surface area contributed by atoms with Crippen LogP contribution in [-0.4, -0.2) is 18.0 Å². The fourth-order valence-corrected chi connectivity index (χ4v) is 3.49. The Bertz CT molecular complexity index is 346. The predicted molar refractivity (Wildman–Crippen MR) is 54.5 cm³/mol. The Hall–Kier alpha value is -0.290. The Kier molecular flexibility index (Phi) is 3.22. The van der Waals surface area contributed by atoms with Crippen LogP contribution < -0.4 is 0 Å². The molecule has 1 nitrogen and oxygen atoms in total. The standard InChI is InChI=1S/C10H11F6OP/c11-9(12,13)8(17-18,10(14,15)16)7-4-5-1-2-6(7)3-5/h1-2,5-7H,3-4,18H2. The van der Waals surface area contributed by atoms with Gasteiger partial charge >= 0.3 is 12.4 Å². The summed E-state index contributed by atoms with van der Waals surface area (Å²) in [6.07, 6.45) is -7.66. The lowest BCUT2D eigenvalue weighted by atomic mass is 9.77. The first-order valence-electron chi connectivity index (χ1n) is 5.33. The predicted octanol–water partition coefficient (Wildman–Crippen LogP) is 3.87. The van der Waals surface area contributed by atoms with E-state index in [1.807, 2.05) is 0 Å². The van der Waals surface area contributed by atoms with Gasteiger partial charge in [0.05, 0.1) is 0 Å². The van der Waals surface area contributed by atoms with Gasteiger partial charge in [0.2, 0.25) is 0 Å². The highest BCUT2D eigenvalue weighted by molar-refractivity contribution is 7.09. The molecule has 0 aromatic carbocycles. The molecule has 0 aliphatic heterocycles.